The van der Waals surface area contributed by atoms with Crippen molar-refractivity contribution in [1.29, 1.82) is 0 Å². The number of amides is 1. The minimum Gasteiger partial charge on any atom is -0.391 e. The van der Waals surface area contributed by atoms with Gasteiger partial charge >= 0.3 is 0 Å². The van der Waals surface area contributed by atoms with E-state index in [9.17, 15) is 20.0 Å². The van der Waals surface area contributed by atoms with Gasteiger partial charge in [0.15, 0.2) is 0 Å². The fraction of sp³-hybridized carbons (Fsp3) is 0.500. The zero-order chi connectivity index (χ0) is 14.7. The molecule has 20 heavy (non-hydrogen) atoms. The van der Waals surface area contributed by atoms with E-state index in [1.54, 1.807) is 17.0 Å². The van der Waals surface area contributed by atoms with E-state index in [0.29, 0.717) is 13.1 Å². The monoisotopic (exact) mass is 278 g/mol. The Balaban J connectivity index is 1.96. The lowest BCUT2D eigenvalue weighted by Gasteiger charge is -2.34. The van der Waals surface area contributed by atoms with Gasteiger partial charge in [-0.3, -0.25) is 14.9 Å². The number of likely N-dealkylation sites (tertiary alicyclic amines) is 1. The molecule has 0 radical (unpaired) electrons. The van der Waals surface area contributed by atoms with E-state index >= 15 is 0 Å². The van der Waals surface area contributed by atoms with Crippen molar-refractivity contribution in [3.8, 4) is 0 Å². The second-order valence-electron chi connectivity index (χ2n) is 5.27. The summed E-state index contributed by atoms with van der Waals surface area (Å²) in [7, 11) is 0. The Hall–Kier alpha value is -1.95. The Morgan fingerprint density at radius 2 is 2.10 bits per heavy atom. The molecule has 1 saturated heterocycles. The maximum Gasteiger partial charge on any atom is 0.269 e. The molecule has 6 nitrogen and oxygen atoms in total. The van der Waals surface area contributed by atoms with Crippen molar-refractivity contribution >= 4 is 11.6 Å². The highest BCUT2D eigenvalue weighted by atomic mass is 16.6. The van der Waals surface area contributed by atoms with Crippen LogP contribution in [0, 0.1) is 16.0 Å². The van der Waals surface area contributed by atoms with Crippen LogP contribution in [0.1, 0.15) is 18.9 Å². The summed E-state index contributed by atoms with van der Waals surface area (Å²) in [6.45, 7) is 3.00. The number of nitro groups is 1. The van der Waals surface area contributed by atoms with Crippen LogP contribution in [0.2, 0.25) is 0 Å². The second-order valence-corrected chi connectivity index (χ2v) is 5.27. The maximum absolute atomic E-state index is 12.1. The predicted molar refractivity (Wildman–Crippen MR) is 73.2 cm³/mol. The summed E-state index contributed by atoms with van der Waals surface area (Å²) < 4.78 is 0. The summed E-state index contributed by atoms with van der Waals surface area (Å²) in [5.74, 6) is 0.170. The highest BCUT2D eigenvalue weighted by Gasteiger charge is 2.27. The summed E-state index contributed by atoms with van der Waals surface area (Å²) in [6, 6.07) is 5.99. The van der Waals surface area contributed by atoms with Gasteiger partial charge in [-0.25, -0.2) is 0 Å². The second kappa shape index (κ2) is 6.00. The Morgan fingerprint density at radius 3 is 2.65 bits per heavy atom. The molecule has 0 spiro atoms. The fourth-order valence-corrected chi connectivity index (χ4v) is 2.30. The number of rotatable bonds is 3. The van der Waals surface area contributed by atoms with Gasteiger partial charge in [-0.1, -0.05) is 19.1 Å². The van der Waals surface area contributed by atoms with E-state index in [1.807, 2.05) is 6.92 Å². The largest absolute Gasteiger partial charge is 0.391 e. The number of nitrogens with zero attached hydrogens (tertiary/aromatic N) is 2. The number of piperidine rings is 1. The van der Waals surface area contributed by atoms with E-state index in [-0.39, 0.29) is 23.9 Å². The van der Waals surface area contributed by atoms with Crippen LogP contribution < -0.4 is 0 Å². The Labute approximate surface area is 117 Å². The van der Waals surface area contributed by atoms with Gasteiger partial charge in [0.25, 0.3) is 5.69 Å². The highest BCUT2D eigenvalue weighted by Crippen LogP contribution is 2.18. The number of carbonyl (C=O) groups is 1. The first-order chi connectivity index (χ1) is 9.47. The predicted octanol–water partition coefficient (Wildman–Crippen LogP) is 1.37. The maximum atomic E-state index is 12.1. The van der Waals surface area contributed by atoms with E-state index in [1.165, 1.54) is 12.1 Å². The third kappa shape index (κ3) is 3.33. The number of β-amino-alcohol motifs (C(OH)–C–C–N with tert-alkyl or cyclic N) is 1. The van der Waals surface area contributed by atoms with Crippen molar-refractivity contribution in [3.63, 3.8) is 0 Å². The fourth-order valence-electron chi connectivity index (χ4n) is 2.30. The Bertz CT molecular complexity index is 500. The number of nitro benzene ring substituents is 1. The standard InChI is InChI=1S/C14H18N2O4/c1-10-6-7-15(9-13(10)17)14(18)8-11-2-4-12(5-3-11)16(19)20/h2-5,10,13,17H,6-9H2,1H3. The third-order valence-corrected chi connectivity index (χ3v) is 3.77. The summed E-state index contributed by atoms with van der Waals surface area (Å²) in [4.78, 5) is 23.9. The number of non-ortho nitro benzene ring substituents is 1. The van der Waals surface area contributed by atoms with Crippen molar-refractivity contribution in [2.45, 2.75) is 25.9 Å². The number of hydrogen-bond acceptors (Lipinski definition) is 4. The minimum atomic E-state index is -0.468. The SMILES string of the molecule is CC1CCN(C(=O)Cc2ccc([N+](=O)[O-])cc2)CC1O. The minimum absolute atomic E-state index is 0.0171. The molecular formula is C14H18N2O4. The average Bonchev–Trinajstić information content (AvgIpc) is 2.42. The molecule has 0 saturated carbocycles. The molecule has 1 amide bonds. The van der Waals surface area contributed by atoms with Crippen LogP contribution in [0.25, 0.3) is 0 Å². The van der Waals surface area contributed by atoms with Crippen molar-refractivity contribution in [3.05, 3.63) is 39.9 Å². The summed E-state index contributed by atoms with van der Waals surface area (Å²) in [5.41, 5.74) is 0.761. The molecule has 2 unspecified atom stereocenters. The molecule has 2 atom stereocenters. The lowest BCUT2D eigenvalue weighted by Crippen LogP contribution is -2.46. The zero-order valence-corrected chi connectivity index (χ0v) is 11.4. The van der Waals surface area contributed by atoms with Crippen LogP contribution in [0.15, 0.2) is 24.3 Å². The van der Waals surface area contributed by atoms with Crippen LogP contribution in [0.5, 0.6) is 0 Å². The molecule has 0 aliphatic carbocycles. The van der Waals surface area contributed by atoms with Crippen molar-refractivity contribution in [2.24, 2.45) is 5.92 Å². The molecule has 1 N–H and O–H groups in total. The molecule has 0 bridgehead atoms. The number of aliphatic hydroxyl groups is 1. The van der Waals surface area contributed by atoms with Crippen LogP contribution >= 0.6 is 0 Å². The highest BCUT2D eigenvalue weighted by molar-refractivity contribution is 5.79. The lowest BCUT2D eigenvalue weighted by molar-refractivity contribution is -0.384. The average molecular weight is 278 g/mol. The number of carbonyl (C=O) groups excluding carboxylic acids is 1. The van der Waals surface area contributed by atoms with E-state index in [2.05, 4.69) is 0 Å². The van der Waals surface area contributed by atoms with Crippen LogP contribution in [0.4, 0.5) is 5.69 Å². The van der Waals surface area contributed by atoms with Gasteiger partial charge in [0.05, 0.1) is 17.4 Å². The molecule has 6 heteroatoms. The van der Waals surface area contributed by atoms with Gasteiger partial charge < -0.3 is 10.0 Å². The molecule has 1 aliphatic heterocycles. The Kier molecular flexibility index (Phi) is 4.34. The van der Waals surface area contributed by atoms with Crippen LogP contribution in [-0.2, 0) is 11.2 Å². The van der Waals surface area contributed by atoms with Crippen molar-refractivity contribution in [1.82, 2.24) is 4.90 Å². The van der Waals surface area contributed by atoms with Crippen LogP contribution in [0.3, 0.4) is 0 Å². The molecule has 1 fully saturated rings. The normalized spacial score (nSPS) is 22.6. The van der Waals surface area contributed by atoms with Crippen molar-refractivity contribution < 1.29 is 14.8 Å². The molecule has 108 valence electrons. The topological polar surface area (TPSA) is 83.7 Å². The molecule has 2 rings (SSSR count). The summed E-state index contributed by atoms with van der Waals surface area (Å²) in [6.07, 6.45) is 0.538. The number of aliphatic hydroxyl groups excluding tert-OH is 1. The smallest absolute Gasteiger partial charge is 0.269 e. The molecule has 1 aliphatic rings. The first kappa shape index (κ1) is 14.5. The Morgan fingerprint density at radius 1 is 1.45 bits per heavy atom. The molecular weight excluding hydrogens is 260 g/mol. The van der Waals surface area contributed by atoms with E-state index < -0.39 is 11.0 Å². The third-order valence-electron chi connectivity index (χ3n) is 3.77. The quantitative estimate of drug-likeness (QED) is 0.668. The summed E-state index contributed by atoms with van der Waals surface area (Å²) >= 11 is 0. The zero-order valence-electron chi connectivity index (χ0n) is 11.4. The summed E-state index contributed by atoms with van der Waals surface area (Å²) in [5, 5.41) is 20.3. The van der Waals surface area contributed by atoms with Crippen LogP contribution in [-0.4, -0.2) is 40.0 Å². The van der Waals surface area contributed by atoms with Gasteiger partial charge in [0.2, 0.25) is 5.91 Å². The molecule has 1 aromatic carbocycles. The molecule has 0 aromatic heterocycles. The van der Waals surface area contributed by atoms with Gasteiger partial charge in [0.1, 0.15) is 0 Å². The van der Waals surface area contributed by atoms with E-state index in [0.717, 1.165) is 12.0 Å². The van der Waals surface area contributed by atoms with Gasteiger partial charge in [0, 0.05) is 25.2 Å². The van der Waals surface area contributed by atoms with Gasteiger partial charge in [-0.15, -0.1) is 0 Å². The number of benzene rings is 1. The molecule has 1 heterocycles. The van der Waals surface area contributed by atoms with Crippen molar-refractivity contribution in [2.75, 3.05) is 13.1 Å². The van der Waals surface area contributed by atoms with Gasteiger partial charge in [-0.2, -0.15) is 0 Å². The lowest BCUT2D eigenvalue weighted by atomic mass is 9.95. The molecule has 1 aromatic rings. The number of hydrogen-bond donors (Lipinski definition) is 1. The first-order valence-electron chi connectivity index (χ1n) is 6.66. The van der Waals surface area contributed by atoms with E-state index in [4.69, 9.17) is 0 Å². The first-order valence-corrected chi connectivity index (χ1v) is 6.66. The van der Waals surface area contributed by atoms with Gasteiger partial charge in [-0.05, 0) is 17.9 Å².